The number of Topliss-reactive ketones (excluding diaryl/α,β-unsaturated/α-hetero) is 1. The summed E-state index contributed by atoms with van der Waals surface area (Å²) in [7, 11) is 0. The Morgan fingerprint density at radius 1 is 1.39 bits per heavy atom. The Kier molecular flexibility index (Phi) is 4.18. The van der Waals surface area contributed by atoms with Crippen LogP contribution in [0.2, 0.25) is 5.02 Å². The van der Waals surface area contributed by atoms with Gasteiger partial charge in [0.15, 0.2) is 5.78 Å². The number of ketones is 1. The zero-order valence-corrected chi connectivity index (χ0v) is 10.7. The van der Waals surface area contributed by atoms with Crippen LogP contribution in [0.1, 0.15) is 23.0 Å². The first-order valence-electron chi connectivity index (χ1n) is 5.60. The summed E-state index contributed by atoms with van der Waals surface area (Å²) in [5, 5.41) is 0.541. The first-order valence-corrected chi connectivity index (χ1v) is 5.98. The van der Waals surface area contributed by atoms with Crippen LogP contribution in [0.4, 0.5) is 0 Å². The number of furan rings is 1. The number of hydrogen-bond acceptors (Lipinski definition) is 3. The quantitative estimate of drug-likeness (QED) is 0.773. The van der Waals surface area contributed by atoms with Gasteiger partial charge < -0.3 is 9.15 Å². The van der Waals surface area contributed by atoms with Crippen LogP contribution in [0.25, 0.3) is 0 Å². The van der Waals surface area contributed by atoms with Gasteiger partial charge >= 0.3 is 0 Å². The number of ether oxygens (including phenoxy) is 1. The van der Waals surface area contributed by atoms with Crippen molar-refractivity contribution in [3.63, 3.8) is 0 Å². The second kappa shape index (κ2) is 5.85. The van der Waals surface area contributed by atoms with Crippen molar-refractivity contribution in [2.45, 2.75) is 19.6 Å². The molecule has 1 atom stereocenters. The van der Waals surface area contributed by atoms with Gasteiger partial charge in [-0.15, -0.1) is 0 Å². The lowest BCUT2D eigenvalue weighted by Gasteiger charge is -2.11. The highest BCUT2D eigenvalue weighted by Gasteiger charge is 2.16. The van der Waals surface area contributed by atoms with E-state index < -0.39 is 6.10 Å². The number of benzene rings is 1. The molecule has 2 aromatic rings. The Hall–Kier alpha value is -1.58. The molecule has 0 aliphatic rings. The van der Waals surface area contributed by atoms with Crippen molar-refractivity contribution in [3.05, 3.63) is 59.0 Å². The second-order valence-corrected chi connectivity index (χ2v) is 4.34. The lowest BCUT2D eigenvalue weighted by Crippen LogP contribution is -2.20. The average Bonchev–Trinajstić information content (AvgIpc) is 2.88. The van der Waals surface area contributed by atoms with Gasteiger partial charge in [-0.05, 0) is 31.2 Å². The second-order valence-electron chi connectivity index (χ2n) is 3.91. The molecule has 0 N–H and O–H groups in total. The van der Waals surface area contributed by atoms with Crippen LogP contribution in [0.3, 0.4) is 0 Å². The van der Waals surface area contributed by atoms with Crippen LogP contribution < -0.4 is 0 Å². The lowest BCUT2D eigenvalue weighted by atomic mass is 10.1. The molecule has 0 saturated carbocycles. The third-order valence-corrected chi connectivity index (χ3v) is 2.77. The molecule has 94 valence electrons. The maximum atomic E-state index is 12.0. The summed E-state index contributed by atoms with van der Waals surface area (Å²) in [6, 6.07) is 10.4. The van der Waals surface area contributed by atoms with Crippen molar-refractivity contribution in [1.29, 1.82) is 0 Å². The molecule has 1 unspecified atom stereocenters. The zero-order chi connectivity index (χ0) is 13.0. The molecule has 0 aliphatic heterocycles. The maximum absolute atomic E-state index is 12.0. The summed E-state index contributed by atoms with van der Waals surface area (Å²) in [4.78, 5) is 12.0. The Bertz CT molecular complexity index is 520. The monoisotopic (exact) mass is 264 g/mol. The van der Waals surface area contributed by atoms with Crippen molar-refractivity contribution < 1.29 is 13.9 Å². The van der Waals surface area contributed by atoms with Crippen molar-refractivity contribution in [1.82, 2.24) is 0 Å². The molecule has 0 amide bonds. The fourth-order valence-corrected chi connectivity index (χ4v) is 1.74. The summed E-state index contributed by atoms with van der Waals surface area (Å²) in [6.07, 6.45) is 1.04. The predicted molar refractivity (Wildman–Crippen MR) is 68.7 cm³/mol. The first kappa shape index (κ1) is 12.9. The van der Waals surface area contributed by atoms with E-state index in [2.05, 4.69) is 0 Å². The lowest BCUT2D eigenvalue weighted by molar-refractivity contribution is 0.0357. The van der Waals surface area contributed by atoms with Gasteiger partial charge in [0.25, 0.3) is 0 Å². The van der Waals surface area contributed by atoms with Gasteiger partial charge in [0.2, 0.25) is 0 Å². The molecule has 0 radical (unpaired) electrons. The molecule has 3 nitrogen and oxygen atoms in total. The minimum atomic E-state index is -0.534. The van der Waals surface area contributed by atoms with Gasteiger partial charge in [-0.25, -0.2) is 0 Å². The van der Waals surface area contributed by atoms with Crippen LogP contribution in [0, 0.1) is 0 Å². The van der Waals surface area contributed by atoms with E-state index in [1.165, 1.54) is 0 Å². The van der Waals surface area contributed by atoms with Crippen LogP contribution in [-0.2, 0) is 11.3 Å². The van der Waals surface area contributed by atoms with Crippen LogP contribution in [0.15, 0.2) is 47.1 Å². The normalized spacial score (nSPS) is 12.3. The number of hydrogen-bond donors (Lipinski definition) is 0. The fourth-order valence-electron chi connectivity index (χ4n) is 1.55. The van der Waals surface area contributed by atoms with E-state index in [1.54, 1.807) is 49.6 Å². The van der Waals surface area contributed by atoms with Crippen molar-refractivity contribution in [2.24, 2.45) is 0 Å². The van der Waals surface area contributed by atoms with Crippen LogP contribution in [-0.4, -0.2) is 11.9 Å². The summed E-state index contributed by atoms with van der Waals surface area (Å²) < 4.78 is 10.6. The Labute approximate surface area is 110 Å². The SMILES string of the molecule is CC(OCc1ccco1)C(=O)c1cccc(Cl)c1. The molecule has 18 heavy (non-hydrogen) atoms. The maximum Gasteiger partial charge on any atom is 0.191 e. The molecule has 1 heterocycles. The molecule has 0 spiro atoms. The summed E-state index contributed by atoms with van der Waals surface area (Å²) in [5.41, 5.74) is 0.550. The molecule has 1 aromatic carbocycles. The van der Waals surface area contributed by atoms with E-state index in [9.17, 15) is 4.79 Å². The Morgan fingerprint density at radius 3 is 2.89 bits per heavy atom. The minimum absolute atomic E-state index is 0.0935. The summed E-state index contributed by atoms with van der Waals surface area (Å²) in [5.74, 6) is 0.602. The molecule has 0 aliphatic carbocycles. The van der Waals surface area contributed by atoms with Crippen LogP contribution in [0.5, 0.6) is 0 Å². The summed E-state index contributed by atoms with van der Waals surface area (Å²) in [6.45, 7) is 1.99. The zero-order valence-electron chi connectivity index (χ0n) is 9.93. The average molecular weight is 265 g/mol. The highest BCUT2D eigenvalue weighted by molar-refractivity contribution is 6.31. The topological polar surface area (TPSA) is 39.4 Å². The standard InChI is InChI=1S/C14H13ClO3/c1-10(18-9-13-6-3-7-17-13)14(16)11-4-2-5-12(15)8-11/h2-8,10H,9H2,1H3. The molecular weight excluding hydrogens is 252 g/mol. The number of halogens is 1. The largest absolute Gasteiger partial charge is 0.467 e. The van der Waals surface area contributed by atoms with Crippen molar-refractivity contribution in [3.8, 4) is 0 Å². The molecule has 0 saturated heterocycles. The number of rotatable bonds is 5. The van der Waals surface area contributed by atoms with E-state index in [4.69, 9.17) is 20.8 Å². The third-order valence-electron chi connectivity index (χ3n) is 2.53. The highest BCUT2D eigenvalue weighted by atomic mass is 35.5. The van der Waals surface area contributed by atoms with E-state index in [1.807, 2.05) is 0 Å². The Balaban J connectivity index is 1.96. The predicted octanol–water partition coefficient (Wildman–Crippen LogP) is 3.72. The minimum Gasteiger partial charge on any atom is -0.467 e. The van der Waals surface area contributed by atoms with Crippen LogP contribution >= 0.6 is 11.6 Å². The van der Waals surface area contributed by atoms with Crippen molar-refractivity contribution in [2.75, 3.05) is 0 Å². The van der Waals surface area contributed by atoms with E-state index in [0.29, 0.717) is 16.3 Å². The molecule has 0 fully saturated rings. The molecule has 1 aromatic heterocycles. The van der Waals surface area contributed by atoms with Gasteiger partial charge in [-0.2, -0.15) is 0 Å². The van der Waals surface area contributed by atoms with Gasteiger partial charge in [-0.1, -0.05) is 23.7 Å². The first-order chi connectivity index (χ1) is 8.66. The number of carbonyl (C=O) groups excluding carboxylic acids is 1. The van der Waals surface area contributed by atoms with Gasteiger partial charge in [0, 0.05) is 10.6 Å². The number of carbonyl (C=O) groups is 1. The van der Waals surface area contributed by atoms with Gasteiger partial charge in [0.05, 0.1) is 6.26 Å². The Morgan fingerprint density at radius 2 is 2.22 bits per heavy atom. The smallest absolute Gasteiger partial charge is 0.191 e. The van der Waals surface area contributed by atoms with Crippen molar-refractivity contribution >= 4 is 17.4 Å². The highest BCUT2D eigenvalue weighted by Crippen LogP contribution is 2.14. The molecule has 4 heteroatoms. The van der Waals surface area contributed by atoms with Gasteiger partial charge in [-0.3, -0.25) is 4.79 Å². The molecule has 0 bridgehead atoms. The fraction of sp³-hybridized carbons (Fsp3) is 0.214. The molecule has 2 rings (SSSR count). The van der Waals surface area contributed by atoms with E-state index >= 15 is 0 Å². The third kappa shape index (κ3) is 3.22. The summed E-state index contributed by atoms with van der Waals surface area (Å²) >= 11 is 5.84. The molecular formula is C14H13ClO3. The van der Waals surface area contributed by atoms with Gasteiger partial charge in [0.1, 0.15) is 18.5 Å². The van der Waals surface area contributed by atoms with E-state index in [0.717, 1.165) is 0 Å². The van der Waals surface area contributed by atoms with E-state index in [-0.39, 0.29) is 12.4 Å².